The third kappa shape index (κ3) is 4.63. The summed E-state index contributed by atoms with van der Waals surface area (Å²) in [5.74, 6) is 1.75. The highest BCUT2D eigenvalue weighted by atomic mass is 35.5. The van der Waals surface area contributed by atoms with Crippen LogP contribution in [0.1, 0.15) is 23.8 Å². The van der Waals surface area contributed by atoms with E-state index in [2.05, 4.69) is 34.4 Å². The van der Waals surface area contributed by atoms with Crippen molar-refractivity contribution < 1.29 is 4.79 Å². The summed E-state index contributed by atoms with van der Waals surface area (Å²) in [5, 5.41) is 15.3. The molecule has 156 valence electrons. The van der Waals surface area contributed by atoms with Crippen LogP contribution in [0.4, 0.5) is 5.69 Å². The molecule has 2 aromatic heterocycles. The average molecular weight is 459 g/mol. The maximum Gasteiger partial charge on any atom is 0.234 e. The normalized spacial score (nSPS) is 15.6. The molecule has 4 rings (SSSR count). The zero-order chi connectivity index (χ0) is 21.1. The molecule has 3 aromatic rings. The summed E-state index contributed by atoms with van der Waals surface area (Å²) < 4.78 is 2.05. The maximum atomic E-state index is 12.4. The van der Waals surface area contributed by atoms with E-state index in [1.54, 1.807) is 24.3 Å². The molecule has 0 saturated carbocycles. The molecule has 1 N–H and O–H groups in total. The fraction of sp³-hybridized carbons (Fsp3) is 0.318. The zero-order valence-corrected chi connectivity index (χ0v) is 19.1. The van der Waals surface area contributed by atoms with Crippen molar-refractivity contribution in [2.24, 2.45) is 5.92 Å². The van der Waals surface area contributed by atoms with Gasteiger partial charge in [0.1, 0.15) is 0 Å². The van der Waals surface area contributed by atoms with E-state index in [9.17, 15) is 4.79 Å². The Bertz CT molecular complexity index is 1060. The Morgan fingerprint density at radius 2 is 2.20 bits per heavy atom. The van der Waals surface area contributed by atoms with Gasteiger partial charge < -0.3 is 5.32 Å². The van der Waals surface area contributed by atoms with Crippen LogP contribution in [0.3, 0.4) is 0 Å². The maximum absolute atomic E-state index is 12.4. The average Bonchev–Trinajstić information content (AvgIpc) is 3.32. The molecule has 1 unspecified atom stereocenters. The first kappa shape index (κ1) is 21.2. The van der Waals surface area contributed by atoms with Gasteiger partial charge in [-0.2, -0.15) is 0 Å². The van der Waals surface area contributed by atoms with E-state index in [1.165, 1.54) is 34.2 Å². The van der Waals surface area contributed by atoms with Gasteiger partial charge in [-0.05, 0) is 55.0 Å². The first-order chi connectivity index (χ1) is 14.5. The van der Waals surface area contributed by atoms with Crippen molar-refractivity contribution in [2.75, 3.05) is 11.1 Å². The van der Waals surface area contributed by atoms with Gasteiger partial charge in [-0.15, -0.1) is 28.1 Å². The number of thiophene rings is 1. The van der Waals surface area contributed by atoms with Gasteiger partial charge >= 0.3 is 0 Å². The summed E-state index contributed by atoms with van der Waals surface area (Å²) in [7, 11) is 0. The van der Waals surface area contributed by atoms with Crippen molar-refractivity contribution in [3.63, 3.8) is 0 Å². The molecule has 30 heavy (non-hydrogen) atoms. The summed E-state index contributed by atoms with van der Waals surface area (Å²) in [4.78, 5) is 13.8. The molecule has 0 bridgehead atoms. The second-order valence-corrected chi connectivity index (χ2v) is 9.79. The number of halogens is 1. The lowest BCUT2D eigenvalue weighted by molar-refractivity contribution is -0.113. The second kappa shape index (κ2) is 9.37. The highest BCUT2D eigenvalue weighted by molar-refractivity contribution is 7.99. The number of benzene rings is 1. The van der Waals surface area contributed by atoms with E-state index in [1.807, 2.05) is 22.0 Å². The number of carbonyl (C=O) groups excluding carboxylic acids is 1. The Morgan fingerprint density at radius 3 is 2.97 bits per heavy atom. The molecule has 0 spiro atoms. The van der Waals surface area contributed by atoms with Crippen molar-refractivity contribution in [1.29, 1.82) is 0 Å². The number of carbonyl (C=O) groups is 1. The van der Waals surface area contributed by atoms with Crippen LogP contribution in [0.2, 0.25) is 5.02 Å². The second-order valence-electron chi connectivity index (χ2n) is 7.45. The number of thioether (sulfide) groups is 1. The minimum absolute atomic E-state index is 0.0982. The van der Waals surface area contributed by atoms with Crippen LogP contribution < -0.4 is 5.32 Å². The molecule has 1 aliphatic carbocycles. The van der Waals surface area contributed by atoms with E-state index >= 15 is 0 Å². The predicted molar refractivity (Wildman–Crippen MR) is 126 cm³/mol. The van der Waals surface area contributed by atoms with Crippen molar-refractivity contribution in [3.8, 4) is 11.4 Å². The molecule has 0 fully saturated rings. The molecule has 8 heteroatoms. The van der Waals surface area contributed by atoms with Crippen LogP contribution in [-0.4, -0.2) is 26.4 Å². The van der Waals surface area contributed by atoms with Gasteiger partial charge in [0.2, 0.25) is 5.91 Å². The fourth-order valence-corrected chi connectivity index (χ4v) is 5.73. The SMILES string of the molecule is C=CCn1c(SCC(=O)Nc2ccc(Cl)cc2)nnc1-c1csc2c1CCC(C)C2. The first-order valence-corrected chi connectivity index (χ1v) is 12.1. The summed E-state index contributed by atoms with van der Waals surface area (Å²) in [6.07, 6.45) is 5.27. The monoisotopic (exact) mass is 458 g/mol. The summed E-state index contributed by atoms with van der Waals surface area (Å²) in [6, 6.07) is 7.06. The van der Waals surface area contributed by atoms with Gasteiger partial charge in [0, 0.05) is 33.1 Å². The lowest BCUT2D eigenvalue weighted by Crippen LogP contribution is -2.14. The molecular weight excluding hydrogens is 436 g/mol. The van der Waals surface area contributed by atoms with Crippen molar-refractivity contribution in [3.05, 3.63) is 57.8 Å². The zero-order valence-electron chi connectivity index (χ0n) is 16.7. The lowest BCUT2D eigenvalue weighted by Gasteiger charge is -2.19. The van der Waals surface area contributed by atoms with Gasteiger partial charge in [-0.3, -0.25) is 9.36 Å². The van der Waals surface area contributed by atoms with Gasteiger partial charge in [0.15, 0.2) is 11.0 Å². The topological polar surface area (TPSA) is 59.8 Å². The highest BCUT2D eigenvalue weighted by Gasteiger charge is 2.24. The molecule has 1 atom stereocenters. The predicted octanol–water partition coefficient (Wildman–Crippen LogP) is 5.70. The number of nitrogens with zero attached hydrogens (tertiary/aromatic N) is 3. The van der Waals surface area contributed by atoms with E-state index in [-0.39, 0.29) is 11.7 Å². The molecule has 1 aliphatic rings. The Kier molecular flexibility index (Phi) is 6.61. The van der Waals surface area contributed by atoms with E-state index in [0.29, 0.717) is 11.6 Å². The lowest BCUT2D eigenvalue weighted by atomic mass is 9.88. The number of aromatic nitrogens is 3. The minimum atomic E-state index is -0.0982. The van der Waals surface area contributed by atoms with E-state index < -0.39 is 0 Å². The molecular formula is C22H23ClN4OS2. The van der Waals surface area contributed by atoms with E-state index in [4.69, 9.17) is 11.6 Å². The molecule has 2 heterocycles. The first-order valence-electron chi connectivity index (χ1n) is 9.87. The number of rotatable bonds is 7. The van der Waals surface area contributed by atoms with Crippen LogP contribution >= 0.6 is 34.7 Å². The Morgan fingerprint density at radius 1 is 1.40 bits per heavy atom. The largest absolute Gasteiger partial charge is 0.325 e. The van der Waals surface area contributed by atoms with Crippen LogP contribution in [0, 0.1) is 5.92 Å². The number of anilines is 1. The fourth-order valence-electron chi connectivity index (χ4n) is 3.61. The van der Waals surface area contributed by atoms with Crippen molar-refractivity contribution in [1.82, 2.24) is 14.8 Å². The molecule has 1 amide bonds. The molecule has 0 radical (unpaired) electrons. The van der Waals surface area contributed by atoms with Gasteiger partial charge in [0.25, 0.3) is 0 Å². The standard InChI is InChI=1S/C22H23ClN4OS2/c1-3-10-27-21(18-12-29-19-11-14(2)4-9-17(18)19)25-26-22(27)30-13-20(28)24-16-7-5-15(23)6-8-16/h3,5-8,12,14H,1,4,9-11,13H2,2H3,(H,24,28). The molecule has 5 nitrogen and oxygen atoms in total. The molecule has 0 aliphatic heterocycles. The number of amides is 1. The Balaban J connectivity index is 1.50. The van der Waals surface area contributed by atoms with Gasteiger partial charge in [-0.25, -0.2) is 0 Å². The quantitative estimate of drug-likeness (QED) is 0.364. The van der Waals surface area contributed by atoms with Crippen LogP contribution in [-0.2, 0) is 24.2 Å². The van der Waals surface area contributed by atoms with Crippen LogP contribution in [0.5, 0.6) is 0 Å². The third-order valence-electron chi connectivity index (χ3n) is 5.13. The summed E-state index contributed by atoms with van der Waals surface area (Å²) in [5.41, 5.74) is 3.30. The van der Waals surface area contributed by atoms with Gasteiger partial charge in [0.05, 0.1) is 5.75 Å². The smallest absolute Gasteiger partial charge is 0.234 e. The van der Waals surface area contributed by atoms with Crippen molar-refractivity contribution >= 4 is 46.3 Å². The highest BCUT2D eigenvalue weighted by Crippen LogP contribution is 2.38. The minimum Gasteiger partial charge on any atom is -0.325 e. The third-order valence-corrected chi connectivity index (χ3v) is 7.40. The van der Waals surface area contributed by atoms with Gasteiger partial charge in [-0.1, -0.05) is 36.4 Å². The summed E-state index contributed by atoms with van der Waals surface area (Å²) in [6.45, 7) is 6.80. The van der Waals surface area contributed by atoms with Crippen LogP contribution in [0.25, 0.3) is 11.4 Å². The summed E-state index contributed by atoms with van der Waals surface area (Å²) >= 11 is 9.09. The number of hydrogen-bond acceptors (Lipinski definition) is 5. The van der Waals surface area contributed by atoms with Crippen molar-refractivity contribution in [2.45, 2.75) is 37.9 Å². The molecule has 1 aromatic carbocycles. The number of nitrogens with one attached hydrogen (secondary N) is 1. The van der Waals surface area contributed by atoms with Crippen LogP contribution in [0.15, 0.2) is 47.5 Å². The number of fused-ring (bicyclic) bond motifs is 1. The molecule has 0 saturated heterocycles. The Labute approximate surface area is 189 Å². The number of allylic oxidation sites excluding steroid dienone is 1. The Hall–Kier alpha value is -2.09. The number of hydrogen-bond donors (Lipinski definition) is 1. The van der Waals surface area contributed by atoms with E-state index in [0.717, 1.165) is 35.4 Å².